The van der Waals surface area contributed by atoms with Crippen molar-refractivity contribution in [3.05, 3.63) is 40.5 Å². The molecule has 2 N–H and O–H groups in total. The van der Waals surface area contributed by atoms with Crippen LogP contribution in [0.4, 0.5) is 0 Å². The average molecular weight is 536 g/mol. The largest absolute Gasteiger partial charge is 0.350 e. The van der Waals surface area contributed by atoms with E-state index in [1.165, 1.54) is 0 Å². The van der Waals surface area contributed by atoms with Crippen molar-refractivity contribution in [1.82, 2.24) is 20.5 Å². The van der Waals surface area contributed by atoms with Crippen molar-refractivity contribution in [2.75, 3.05) is 6.54 Å². The molecule has 202 valence electrons. The van der Waals surface area contributed by atoms with E-state index < -0.39 is 28.8 Å². The number of rotatable bonds is 8. The molecule has 2 aromatic rings. The number of nitrogens with zero attached hydrogens (tertiary/aromatic N) is 3. The van der Waals surface area contributed by atoms with Crippen LogP contribution in [-0.4, -0.2) is 46.2 Å². The predicted octanol–water partition coefficient (Wildman–Crippen LogP) is 4.12. The predicted molar refractivity (Wildman–Crippen MR) is 147 cm³/mol. The number of nitrogens with one attached hydrogen (secondary N) is 2. The van der Waals surface area contributed by atoms with Gasteiger partial charge in [0.25, 0.3) is 0 Å². The Balaban J connectivity index is 1.44. The Kier molecular flexibility index (Phi) is 7.93. The maximum atomic E-state index is 13.7. The van der Waals surface area contributed by atoms with Gasteiger partial charge < -0.3 is 15.5 Å². The fourth-order valence-corrected chi connectivity index (χ4v) is 5.85. The van der Waals surface area contributed by atoms with Gasteiger partial charge in [0.2, 0.25) is 17.7 Å². The van der Waals surface area contributed by atoms with Crippen LogP contribution in [0.3, 0.4) is 0 Å². The second-order valence-electron chi connectivity index (χ2n) is 11.5. The van der Waals surface area contributed by atoms with Gasteiger partial charge in [-0.1, -0.05) is 39.8 Å². The van der Waals surface area contributed by atoms with E-state index in [1.54, 1.807) is 16.2 Å². The summed E-state index contributed by atoms with van der Waals surface area (Å²) in [7, 11) is 0. The number of carbonyl (C=O) groups excluding carboxylic acids is 3. The molecule has 1 aliphatic carbocycles. The minimum atomic E-state index is -1.02. The van der Waals surface area contributed by atoms with Crippen LogP contribution in [0.2, 0.25) is 0 Å². The Labute approximate surface area is 228 Å². The third-order valence-corrected chi connectivity index (χ3v) is 8.65. The maximum Gasteiger partial charge on any atom is 0.246 e. The Morgan fingerprint density at radius 2 is 2.00 bits per heavy atom. The topological polar surface area (TPSA) is 115 Å². The van der Waals surface area contributed by atoms with E-state index in [0.717, 1.165) is 40.1 Å². The summed E-state index contributed by atoms with van der Waals surface area (Å²) in [5.41, 5.74) is 4.61. The van der Waals surface area contributed by atoms with Crippen LogP contribution >= 0.6 is 11.3 Å². The minimum Gasteiger partial charge on any atom is -0.350 e. The summed E-state index contributed by atoms with van der Waals surface area (Å²) in [6.07, 6.45) is 3.16. The molecule has 2 heterocycles. The highest BCUT2D eigenvalue weighted by molar-refractivity contribution is 7.13. The highest BCUT2D eigenvalue weighted by atomic mass is 32.1. The monoisotopic (exact) mass is 535 g/mol. The summed E-state index contributed by atoms with van der Waals surface area (Å²) in [4.78, 5) is 46.9. The molecule has 8 nitrogen and oxygen atoms in total. The first-order valence-electron chi connectivity index (χ1n) is 13.3. The number of nitriles is 1. The van der Waals surface area contributed by atoms with Gasteiger partial charge in [0, 0.05) is 13.1 Å². The molecule has 2 atom stereocenters. The zero-order valence-corrected chi connectivity index (χ0v) is 23.7. The fourth-order valence-electron chi connectivity index (χ4n) is 5.05. The van der Waals surface area contributed by atoms with Gasteiger partial charge in [-0.15, -0.1) is 11.3 Å². The molecule has 1 aromatic carbocycles. The first-order chi connectivity index (χ1) is 18.0. The smallest absolute Gasteiger partial charge is 0.246 e. The van der Waals surface area contributed by atoms with Gasteiger partial charge in [-0.25, -0.2) is 4.98 Å². The third-order valence-electron chi connectivity index (χ3n) is 7.67. The van der Waals surface area contributed by atoms with Crippen molar-refractivity contribution in [2.45, 2.75) is 85.4 Å². The van der Waals surface area contributed by atoms with Crippen LogP contribution < -0.4 is 10.6 Å². The number of carbonyl (C=O) groups is 3. The van der Waals surface area contributed by atoms with E-state index in [4.69, 9.17) is 0 Å². The lowest BCUT2D eigenvalue weighted by molar-refractivity contribution is -0.144. The molecule has 1 aromatic heterocycles. The zero-order chi connectivity index (χ0) is 27.7. The van der Waals surface area contributed by atoms with Gasteiger partial charge in [-0.3, -0.25) is 14.4 Å². The normalized spacial score (nSPS) is 18.9. The van der Waals surface area contributed by atoms with Crippen molar-refractivity contribution in [3.63, 3.8) is 0 Å². The van der Waals surface area contributed by atoms with Crippen molar-refractivity contribution in [2.24, 2.45) is 10.8 Å². The van der Waals surface area contributed by atoms with E-state index in [9.17, 15) is 19.6 Å². The highest BCUT2D eigenvalue weighted by Crippen LogP contribution is 2.45. The second-order valence-corrected chi connectivity index (χ2v) is 12.3. The zero-order valence-electron chi connectivity index (χ0n) is 22.9. The van der Waals surface area contributed by atoms with Gasteiger partial charge in [-0.05, 0) is 67.2 Å². The standard InChI is InChI=1S/C29H37N5O3S/c1-6-19-14-20(23-18(2)32-17-38-23)9-10-21(19)15-31-25(35)22-8-7-13-34(22)26(36)24(28(3,4)5)33-27(37)29(16-30)11-12-29/h9-10,14,17,22,24H,6-8,11-13,15H2,1-5H3,(H,31,35)(H,33,37). The number of hydrogen-bond acceptors (Lipinski definition) is 6. The molecule has 2 unspecified atom stereocenters. The molecule has 1 aliphatic heterocycles. The number of thiazole rings is 1. The van der Waals surface area contributed by atoms with Gasteiger partial charge in [-0.2, -0.15) is 5.26 Å². The van der Waals surface area contributed by atoms with Crippen molar-refractivity contribution < 1.29 is 14.4 Å². The number of aryl methyl sites for hydroxylation is 2. The first kappa shape index (κ1) is 27.8. The third kappa shape index (κ3) is 5.60. The average Bonchev–Trinajstić information content (AvgIpc) is 3.32. The molecule has 0 bridgehead atoms. The lowest BCUT2D eigenvalue weighted by atomic mass is 9.85. The Hall–Kier alpha value is -3.25. The first-order valence-corrected chi connectivity index (χ1v) is 14.2. The SMILES string of the molecule is CCc1cc(-c2scnc2C)ccc1CNC(=O)C1CCCN1C(=O)C(NC(=O)C1(C#N)CC1)C(C)(C)C. The molecule has 4 rings (SSSR count). The van der Waals surface area contributed by atoms with Crippen LogP contribution in [0.25, 0.3) is 10.4 Å². The van der Waals surface area contributed by atoms with Crippen molar-refractivity contribution in [3.8, 4) is 16.5 Å². The van der Waals surface area contributed by atoms with Crippen LogP contribution in [-0.2, 0) is 27.3 Å². The molecular weight excluding hydrogens is 498 g/mol. The Morgan fingerprint density at radius 1 is 1.26 bits per heavy atom. The van der Waals surface area contributed by atoms with Crippen LogP contribution in [0.5, 0.6) is 0 Å². The number of likely N-dealkylation sites (tertiary alicyclic amines) is 1. The van der Waals surface area contributed by atoms with E-state index in [0.29, 0.717) is 32.4 Å². The molecule has 0 spiro atoms. The van der Waals surface area contributed by atoms with Gasteiger partial charge in [0.1, 0.15) is 17.5 Å². The molecule has 0 radical (unpaired) electrons. The molecule has 2 fully saturated rings. The summed E-state index contributed by atoms with van der Waals surface area (Å²) in [6, 6.07) is 6.98. The Bertz CT molecular complexity index is 1270. The van der Waals surface area contributed by atoms with Crippen molar-refractivity contribution in [1.29, 1.82) is 5.26 Å². The second kappa shape index (κ2) is 10.9. The maximum absolute atomic E-state index is 13.7. The number of hydrogen-bond donors (Lipinski definition) is 2. The lowest BCUT2D eigenvalue weighted by Gasteiger charge is -2.35. The van der Waals surface area contributed by atoms with E-state index >= 15 is 0 Å². The van der Waals surface area contributed by atoms with Gasteiger partial charge in [0.15, 0.2) is 0 Å². The molecular formula is C29H37N5O3S. The van der Waals surface area contributed by atoms with Gasteiger partial charge >= 0.3 is 0 Å². The fraction of sp³-hybridized carbons (Fsp3) is 0.552. The molecule has 3 amide bonds. The molecule has 9 heteroatoms. The van der Waals surface area contributed by atoms with Crippen LogP contribution in [0.15, 0.2) is 23.7 Å². The van der Waals surface area contributed by atoms with Gasteiger partial charge in [0.05, 0.1) is 22.2 Å². The summed E-state index contributed by atoms with van der Waals surface area (Å²) < 4.78 is 0. The quantitative estimate of drug-likeness (QED) is 0.528. The van der Waals surface area contributed by atoms with Crippen LogP contribution in [0.1, 0.15) is 70.2 Å². The molecule has 2 aliphatic rings. The number of aromatic nitrogens is 1. The summed E-state index contributed by atoms with van der Waals surface area (Å²) in [6.45, 7) is 10.6. The molecule has 38 heavy (non-hydrogen) atoms. The lowest BCUT2D eigenvalue weighted by Crippen LogP contribution is -2.58. The van der Waals surface area contributed by atoms with E-state index in [1.807, 2.05) is 33.2 Å². The molecule has 1 saturated heterocycles. The number of amides is 3. The van der Waals surface area contributed by atoms with E-state index in [-0.39, 0.29) is 11.8 Å². The highest BCUT2D eigenvalue weighted by Gasteiger charge is 2.53. The van der Waals surface area contributed by atoms with Crippen LogP contribution in [0, 0.1) is 29.1 Å². The summed E-state index contributed by atoms with van der Waals surface area (Å²) in [5, 5.41) is 15.3. The van der Waals surface area contributed by atoms with Crippen molar-refractivity contribution >= 4 is 29.1 Å². The molecule has 1 saturated carbocycles. The summed E-state index contributed by atoms with van der Waals surface area (Å²) in [5.74, 6) is -0.844. The minimum absolute atomic E-state index is 0.185. The Morgan fingerprint density at radius 3 is 2.58 bits per heavy atom. The summed E-state index contributed by atoms with van der Waals surface area (Å²) >= 11 is 1.62. The van der Waals surface area contributed by atoms with E-state index in [2.05, 4.69) is 46.8 Å². The number of benzene rings is 1.